The SMILES string of the molecule is C[C@H]1CCCN1C(=O)c1nc(C(=O)NCC(C)(C)O)sc1-c1cnc(NCC2(C(F)(F)F)CCC2)cc1C(F)F. The van der Waals surface area contributed by atoms with Gasteiger partial charge in [-0.1, -0.05) is 6.42 Å². The van der Waals surface area contributed by atoms with Gasteiger partial charge in [0.05, 0.1) is 15.9 Å². The third-order valence-electron chi connectivity index (χ3n) is 7.45. The lowest BCUT2D eigenvalue weighted by atomic mass is 9.68. The number of pyridine rings is 1. The summed E-state index contributed by atoms with van der Waals surface area (Å²) in [6, 6.07) is 0.865. The first-order valence-corrected chi connectivity index (χ1v) is 13.8. The molecule has 2 amide bonds. The summed E-state index contributed by atoms with van der Waals surface area (Å²) in [7, 11) is 0. The van der Waals surface area contributed by atoms with Gasteiger partial charge in [0.15, 0.2) is 5.01 Å². The Morgan fingerprint density at radius 1 is 1.25 bits per heavy atom. The molecule has 3 heterocycles. The van der Waals surface area contributed by atoms with Crippen LogP contribution in [0.1, 0.15) is 85.2 Å². The zero-order chi connectivity index (χ0) is 29.5. The number of rotatable bonds is 9. The lowest BCUT2D eigenvalue weighted by molar-refractivity contribution is -0.244. The molecule has 4 rings (SSSR count). The Balaban J connectivity index is 1.70. The van der Waals surface area contributed by atoms with Crippen molar-refractivity contribution in [1.29, 1.82) is 0 Å². The van der Waals surface area contributed by atoms with Gasteiger partial charge >= 0.3 is 6.18 Å². The first-order valence-electron chi connectivity index (χ1n) is 13.0. The molecule has 220 valence electrons. The Bertz CT molecular complexity index is 1260. The Morgan fingerprint density at radius 2 is 1.95 bits per heavy atom. The highest BCUT2D eigenvalue weighted by Gasteiger charge is 2.58. The van der Waals surface area contributed by atoms with Crippen molar-refractivity contribution in [2.45, 2.75) is 77.1 Å². The van der Waals surface area contributed by atoms with E-state index in [2.05, 4.69) is 20.6 Å². The number of likely N-dealkylation sites (tertiary alicyclic amines) is 1. The fourth-order valence-electron chi connectivity index (χ4n) is 4.85. The lowest BCUT2D eigenvalue weighted by Crippen LogP contribution is -2.48. The molecule has 0 aromatic carbocycles. The molecular formula is C26H32F5N5O3S. The van der Waals surface area contributed by atoms with Crippen LogP contribution < -0.4 is 10.6 Å². The van der Waals surface area contributed by atoms with Crippen molar-refractivity contribution in [1.82, 2.24) is 20.2 Å². The Labute approximate surface area is 232 Å². The predicted molar refractivity (Wildman–Crippen MR) is 139 cm³/mol. The van der Waals surface area contributed by atoms with Crippen molar-refractivity contribution in [3.05, 3.63) is 28.5 Å². The van der Waals surface area contributed by atoms with Crippen LogP contribution in [0.5, 0.6) is 0 Å². The quantitative estimate of drug-likeness (QED) is 0.338. The van der Waals surface area contributed by atoms with Gasteiger partial charge in [-0.15, -0.1) is 11.3 Å². The highest BCUT2D eigenvalue weighted by molar-refractivity contribution is 7.17. The summed E-state index contributed by atoms with van der Waals surface area (Å²) in [5.41, 5.74) is -4.01. The predicted octanol–water partition coefficient (Wildman–Crippen LogP) is 5.41. The van der Waals surface area contributed by atoms with E-state index >= 15 is 0 Å². The van der Waals surface area contributed by atoms with Gasteiger partial charge in [-0.3, -0.25) is 9.59 Å². The maximum Gasteiger partial charge on any atom is 0.396 e. The first-order chi connectivity index (χ1) is 18.6. The molecule has 2 aromatic heterocycles. The minimum absolute atomic E-state index is 0.0117. The lowest BCUT2D eigenvalue weighted by Gasteiger charge is -2.43. The topological polar surface area (TPSA) is 107 Å². The molecule has 2 fully saturated rings. The number of nitrogens with zero attached hydrogens (tertiary/aromatic N) is 3. The van der Waals surface area contributed by atoms with E-state index in [4.69, 9.17) is 0 Å². The zero-order valence-electron chi connectivity index (χ0n) is 22.4. The molecular weight excluding hydrogens is 557 g/mol. The molecule has 1 aliphatic heterocycles. The maximum absolute atomic E-state index is 14.3. The number of carbonyl (C=O) groups excluding carboxylic acids is 2. The van der Waals surface area contributed by atoms with Gasteiger partial charge < -0.3 is 20.6 Å². The fourth-order valence-corrected chi connectivity index (χ4v) is 5.85. The van der Waals surface area contributed by atoms with E-state index in [0.717, 1.165) is 36.4 Å². The van der Waals surface area contributed by atoms with Crippen molar-refractivity contribution < 1.29 is 36.6 Å². The summed E-state index contributed by atoms with van der Waals surface area (Å²) in [6.07, 6.45) is -4.58. The molecule has 1 atom stereocenters. The molecule has 1 saturated carbocycles. The number of alkyl halides is 5. The first kappa shape index (κ1) is 30.1. The standard InChI is InChI=1S/C26H32F5N5O3S/c1-14-6-4-9-36(14)23(38)18-19(40-22(35-18)21(37)34-12-24(2,3)39)16-11-32-17(10-15(16)20(27)28)33-13-25(7-5-8-25)26(29,30)31/h10-11,14,20,39H,4-9,12-13H2,1-3H3,(H,32,33)(H,34,37)/t14-/m0/s1. The van der Waals surface area contributed by atoms with E-state index in [1.807, 2.05) is 6.92 Å². The van der Waals surface area contributed by atoms with Gasteiger partial charge in [-0.05, 0) is 52.5 Å². The smallest absolute Gasteiger partial charge is 0.389 e. The molecule has 40 heavy (non-hydrogen) atoms. The van der Waals surface area contributed by atoms with Crippen LogP contribution in [0.4, 0.5) is 27.8 Å². The number of hydrogen-bond acceptors (Lipinski definition) is 7. The highest BCUT2D eigenvalue weighted by atomic mass is 32.1. The highest BCUT2D eigenvalue weighted by Crippen LogP contribution is 2.53. The van der Waals surface area contributed by atoms with Crippen LogP contribution in [-0.2, 0) is 0 Å². The van der Waals surface area contributed by atoms with E-state index in [0.29, 0.717) is 13.0 Å². The molecule has 14 heteroatoms. The molecule has 0 bridgehead atoms. The molecule has 0 radical (unpaired) electrons. The van der Waals surface area contributed by atoms with Gasteiger partial charge in [0.2, 0.25) is 0 Å². The van der Waals surface area contributed by atoms with E-state index < -0.39 is 47.5 Å². The van der Waals surface area contributed by atoms with Crippen LogP contribution in [-0.4, -0.2) is 69.2 Å². The van der Waals surface area contributed by atoms with E-state index in [1.54, 1.807) is 4.90 Å². The average molecular weight is 590 g/mol. The number of carbonyl (C=O) groups is 2. The van der Waals surface area contributed by atoms with Crippen LogP contribution in [0.15, 0.2) is 12.3 Å². The summed E-state index contributed by atoms with van der Waals surface area (Å²) in [6.45, 7) is 4.67. The second kappa shape index (κ2) is 11.2. The summed E-state index contributed by atoms with van der Waals surface area (Å²) >= 11 is 0.736. The summed E-state index contributed by atoms with van der Waals surface area (Å²) < 4.78 is 69.2. The van der Waals surface area contributed by atoms with Gasteiger partial charge in [0.1, 0.15) is 11.5 Å². The normalized spacial score (nSPS) is 19.1. The maximum atomic E-state index is 14.3. The van der Waals surface area contributed by atoms with Crippen molar-refractivity contribution in [3.63, 3.8) is 0 Å². The van der Waals surface area contributed by atoms with Crippen LogP contribution in [0.25, 0.3) is 10.4 Å². The summed E-state index contributed by atoms with van der Waals surface area (Å²) in [5, 5.41) is 14.9. The Kier molecular flexibility index (Phi) is 8.42. The molecule has 1 aliphatic carbocycles. The van der Waals surface area contributed by atoms with E-state index in [-0.39, 0.29) is 52.4 Å². The molecule has 2 aromatic rings. The van der Waals surface area contributed by atoms with Crippen LogP contribution >= 0.6 is 11.3 Å². The Morgan fingerprint density at radius 3 is 2.48 bits per heavy atom. The van der Waals surface area contributed by atoms with Crippen molar-refractivity contribution in [2.75, 3.05) is 25.0 Å². The number of anilines is 1. The number of halogens is 5. The third kappa shape index (κ3) is 6.22. The number of thiazole rings is 1. The van der Waals surface area contributed by atoms with Gasteiger partial charge in [-0.2, -0.15) is 13.2 Å². The van der Waals surface area contributed by atoms with Gasteiger partial charge in [0, 0.05) is 43.0 Å². The largest absolute Gasteiger partial charge is 0.396 e. The van der Waals surface area contributed by atoms with Crippen LogP contribution in [0.3, 0.4) is 0 Å². The number of nitrogens with one attached hydrogen (secondary N) is 2. The van der Waals surface area contributed by atoms with Crippen molar-refractivity contribution in [2.24, 2.45) is 5.41 Å². The van der Waals surface area contributed by atoms with E-state index in [1.165, 1.54) is 13.8 Å². The summed E-state index contributed by atoms with van der Waals surface area (Å²) in [4.78, 5) is 36.2. The molecule has 3 N–H and O–H groups in total. The number of amides is 2. The minimum atomic E-state index is -4.43. The fraction of sp³-hybridized carbons (Fsp3) is 0.615. The van der Waals surface area contributed by atoms with Crippen LogP contribution in [0, 0.1) is 5.41 Å². The van der Waals surface area contributed by atoms with Crippen molar-refractivity contribution in [3.8, 4) is 10.4 Å². The van der Waals surface area contributed by atoms with Gasteiger partial charge in [0.25, 0.3) is 18.2 Å². The van der Waals surface area contributed by atoms with Crippen molar-refractivity contribution >= 4 is 29.0 Å². The monoisotopic (exact) mass is 589 g/mol. The molecule has 1 saturated heterocycles. The zero-order valence-corrected chi connectivity index (χ0v) is 23.2. The third-order valence-corrected chi connectivity index (χ3v) is 8.54. The number of aliphatic hydroxyl groups is 1. The number of aromatic nitrogens is 2. The second-order valence-corrected chi connectivity index (χ2v) is 12.1. The van der Waals surface area contributed by atoms with Gasteiger partial charge in [-0.25, -0.2) is 18.7 Å². The molecule has 0 unspecified atom stereocenters. The minimum Gasteiger partial charge on any atom is -0.389 e. The average Bonchev–Trinajstić information content (AvgIpc) is 3.46. The van der Waals surface area contributed by atoms with Crippen LogP contribution in [0.2, 0.25) is 0 Å². The van der Waals surface area contributed by atoms with E-state index in [9.17, 15) is 36.6 Å². The second-order valence-electron chi connectivity index (χ2n) is 11.1. The molecule has 2 aliphatic rings. The number of hydrogen-bond donors (Lipinski definition) is 3. The Hall–Kier alpha value is -2.87. The summed E-state index contributed by atoms with van der Waals surface area (Å²) in [5.74, 6) is -1.36. The molecule has 0 spiro atoms. The molecule has 8 nitrogen and oxygen atoms in total.